The highest BCUT2D eigenvalue weighted by atomic mass is 35.5. The van der Waals surface area contributed by atoms with Crippen LogP contribution in [0.2, 0.25) is 5.02 Å². The van der Waals surface area contributed by atoms with E-state index in [1.54, 1.807) is 13.0 Å². The van der Waals surface area contributed by atoms with Gasteiger partial charge in [-0.15, -0.1) is 0 Å². The van der Waals surface area contributed by atoms with E-state index >= 15 is 0 Å². The molecule has 1 heterocycles. The van der Waals surface area contributed by atoms with Gasteiger partial charge in [0.2, 0.25) is 5.95 Å². The maximum atomic E-state index is 14.1. The topological polar surface area (TPSA) is 96.0 Å². The lowest BCUT2D eigenvalue weighted by molar-refractivity contribution is -0.114. The number of nitrogens with one attached hydrogen (secondary N) is 3. The highest BCUT2D eigenvalue weighted by Gasteiger charge is 2.15. The molecular formula is C23H21ClFN5O2. The summed E-state index contributed by atoms with van der Waals surface area (Å²) < 4.78 is 14.1. The van der Waals surface area contributed by atoms with Crippen LogP contribution in [0.3, 0.4) is 0 Å². The first kappa shape index (κ1) is 22.9. The Labute approximate surface area is 189 Å². The number of carbonyl (C=O) groups is 2. The molecule has 0 saturated heterocycles. The zero-order valence-electron chi connectivity index (χ0n) is 17.5. The smallest absolute Gasteiger partial charge is 0.254 e. The van der Waals surface area contributed by atoms with Crippen LogP contribution in [0.5, 0.6) is 0 Å². The third-order valence-corrected chi connectivity index (χ3v) is 4.92. The summed E-state index contributed by atoms with van der Waals surface area (Å²) >= 11 is 6.27. The number of allylic oxidation sites excluding steroid dienone is 1. The van der Waals surface area contributed by atoms with Crippen LogP contribution in [0.25, 0.3) is 0 Å². The molecule has 0 aliphatic rings. The Kier molecular flexibility index (Phi) is 7.17. The molecule has 3 rings (SSSR count). The Morgan fingerprint density at radius 3 is 2.66 bits per heavy atom. The minimum absolute atomic E-state index is 0.103. The molecule has 0 aliphatic heterocycles. The fourth-order valence-electron chi connectivity index (χ4n) is 2.94. The van der Waals surface area contributed by atoms with Crippen molar-refractivity contribution in [1.82, 2.24) is 15.3 Å². The average molecular weight is 454 g/mol. The minimum atomic E-state index is -0.627. The lowest BCUT2D eigenvalue weighted by atomic mass is 10.1. The standard InChI is InChI=1S/C23H21ClFN5O2/c1-4-15(31)10-14-7-5-6-8-19(14)28-21-17(24)12-27-23(30-21)29-20-11-16(22(32)26-3)18(25)9-13(20)2/h4-9,11-12H,1,10H2,2-3H3,(H,26,32)(H2,27,28,29,30). The van der Waals surface area contributed by atoms with Crippen molar-refractivity contribution in [3.05, 3.63) is 82.8 Å². The third-order valence-electron chi connectivity index (χ3n) is 4.64. The molecule has 0 bridgehead atoms. The van der Waals surface area contributed by atoms with E-state index in [0.29, 0.717) is 22.8 Å². The van der Waals surface area contributed by atoms with Gasteiger partial charge in [-0.2, -0.15) is 4.98 Å². The maximum Gasteiger partial charge on any atom is 0.254 e. The van der Waals surface area contributed by atoms with Crippen molar-refractivity contribution in [3.8, 4) is 0 Å². The molecule has 7 nitrogen and oxygen atoms in total. The van der Waals surface area contributed by atoms with Crippen LogP contribution in [0.4, 0.5) is 27.5 Å². The molecule has 3 N–H and O–H groups in total. The van der Waals surface area contributed by atoms with Gasteiger partial charge in [-0.05, 0) is 42.3 Å². The summed E-state index contributed by atoms with van der Waals surface area (Å²) in [6.45, 7) is 5.20. The molecule has 0 saturated carbocycles. The monoisotopic (exact) mass is 453 g/mol. The Balaban J connectivity index is 1.91. The maximum absolute atomic E-state index is 14.1. The van der Waals surface area contributed by atoms with Crippen LogP contribution < -0.4 is 16.0 Å². The van der Waals surface area contributed by atoms with E-state index < -0.39 is 11.7 Å². The summed E-state index contributed by atoms with van der Waals surface area (Å²) in [5.41, 5.74) is 2.35. The van der Waals surface area contributed by atoms with Crippen molar-refractivity contribution in [1.29, 1.82) is 0 Å². The van der Waals surface area contributed by atoms with Crippen LogP contribution in [0.1, 0.15) is 21.5 Å². The Hall–Kier alpha value is -3.78. The molecule has 0 spiro atoms. The lowest BCUT2D eigenvalue weighted by Gasteiger charge is -2.14. The zero-order chi connectivity index (χ0) is 23.3. The van der Waals surface area contributed by atoms with Gasteiger partial charge < -0.3 is 16.0 Å². The second-order valence-electron chi connectivity index (χ2n) is 6.87. The summed E-state index contributed by atoms with van der Waals surface area (Å²) in [6.07, 6.45) is 2.86. The second-order valence-corrected chi connectivity index (χ2v) is 7.28. The number of benzene rings is 2. The quantitative estimate of drug-likeness (QED) is 0.427. The van der Waals surface area contributed by atoms with Gasteiger partial charge in [0.25, 0.3) is 5.91 Å². The molecule has 1 amide bonds. The number of aryl methyl sites for hydroxylation is 1. The van der Waals surface area contributed by atoms with E-state index in [4.69, 9.17) is 11.6 Å². The van der Waals surface area contributed by atoms with Gasteiger partial charge in [0.05, 0.1) is 11.8 Å². The number of anilines is 4. The number of halogens is 2. The number of ketones is 1. The van der Waals surface area contributed by atoms with Gasteiger partial charge in [-0.3, -0.25) is 9.59 Å². The van der Waals surface area contributed by atoms with E-state index in [1.807, 2.05) is 18.2 Å². The van der Waals surface area contributed by atoms with Crippen LogP contribution >= 0.6 is 11.6 Å². The molecule has 0 fully saturated rings. The highest BCUT2D eigenvalue weighted by molar-refractivity contribution is 6.32. The fourth-order valence-corrected chi connectivity index (χ4v) is 3.07. The Morgan fingerprint density at radius 1 is 1.19 bits per heavy atom. The number of amides is 1. The molecule has 164 valence electrons. The van der Waals surface area contributed by atoms with Crippen LogP contribution in [0.15, 0.2) is 55.3 Å². The number of hydrogen-bond donors (Lipinski definition) is 3. The van der Waals surface area contributed by atoms with Crippen molar-refractivity contribution in [2.24, 2.45) is 0 Å². The molecule has 0 atom stereocenters. The minimum Gasteiger partial charge on any atom is -0.355 e. The van der Waals surface area contributed by atoms with E-state index in [-0.39, 0.29) is 28.7 Å². The number of aromatic nitrogens is 2. The van der Waals surface area contributed by atoms with Crippen molar-refractivity contribution in [2.75, 3.05) is 17.7 Å². The predicted molar refractivity (Wildman–Crippen MR) is 123 cm³/mol. The average Bonchev–Trinajstić information content (AvgIpc) is 2.78. The molecule has 0 unspecified atom stereocenters. The molecule has 0 aliphatic carbocycles. The number of rotatable bonds is 8. The van der Waals surface area contributed by atoms with Gasteiger partial charge in [0.15, 0.2) is 11.6 Å². The molecule has 32 heavy (non-hydrogen) atoms. The van der Waals surface area contributed by atoms with Crippen molar-refractivity contribution >= 4 is 46.4 Å². The number of nitrogens with zero attached hydrogens (tertiary/aromatic N) is 2. The van der Waals surface area contributed by atoms with E-state index in [0.717, 1.165) is 5.56 Å². The van der Waals surface area contributed by atoms with Crippen molar-refractivity contribution in [2.45, 2.75) is 13.3 Å². The van der Waals surface area contributed by atoms with Gasteiger partial charge in [-0.25, -0.2) is 9.37 Å². The van der Waals surface area contributed by atoms with Gasteiger partial charge in [-0.1, -0.05) is 36.4 Å². The fraction of sp³-hybridized carbons (Fsp3) is 0.130. The number of para-hydroxylation sites is 1. The lowest BCUT2D eigenvalue weighted by Crippen LogP contribution is -2.19. The second kappa shape index (κ2) is 10.0. The Morgan fingerprint density at radius 2 is 1.94 bits per heavy atom. The SMILES string of the molecule is C=CC(=O)Cc1ccccc1Nc1nc(Nc2cc(C(=O)NC)c(F)cc2C)ncc1Cl. The Bertz CT molecular complexity index is 1200. The summed E-state index contributed by atoms with van der Waals surface area (Å²) in [6, 6.07) is 9.92. The summed E-state index contributed by atoms with van der Waals surface area (Å²) in [4.78, 5) is 32.3. The van der Waals surface area contributed by atoms with Gasteiger partial charge >= 0.3 is 0 Å². The molecule has 1 aromatic heterocycles. The van der Waals surface area contributed by atoms with Gasteiger partial charge in [0.1, 0.15) is 10.8 Å². The molecule has 9 heteroatoms. The summed E-state index contributed by atoms with van der Waals surface area (Å²) in [5, 5.41) is 8.79. The van der Waals surface area contributed by atoms with Gasteiger partial charge in [0, 0.05) is 24.8 Å². The first-order chi connectivity index (χ1) is 15.3. The molecular weight excluding hydrogens is 433 g/mol. The molecule has 0 radical (unpaired) electrons. The first-order valence-electron chi connectivity index (χ1n) is 9.64. The van der Waals surface area contributed by atoms with Crippen molar-refractivity contribution < 1.29 is 14.0 Å². The van der Waals surface area contributed by atoms with Crippen LogP contribution in [0, 0.1) is 12.7 Å². The summed E-state index contributed by atoms with van der Waals surface area (Å²) in [7, 11) is 1.43. The van der Waals surface area contributed by atoms with E-state index in [9.17, 15) is 14.0 Å². The normalized spacial score (nSPS) is 10.4. The number of hydrogen-bond acceptors (Lipinski definition) is 6. The van der Waals surface area contributed by atoms with Crippen LogP contribution in [-0.4, -0.2) is 28.7 Å². The molecule has 3 aromatic rings. The first-order valence-corrected chi connectivity index (χ1v) is 10.0. The largest absolute Gasteiger partial charge is 0.355 e. The molecule has 2 aromatic carbocycles. The van der Waals surface area contributed by atoms with E-state index in [2.05, 4.69) is 32.5 Å². The predicted octanol–water partition coefficient (Wildman–Crippen LogP) is 4.72. The highest BCUT2D eigenvalue weighted by Crippen LogP contribution is 2.28. The third kappa shape index (κ3) is 5.28. The number of carbonyl (C=O) groups excluding carboxylic acids is 2. The van der Waals surface area contributed by atoms with Crippen molar-refractivity contribution in [3.63, 3.8) is 0 Å². The summed E-state index contributed by atoms with van der Waals surface area (Å²) in [5.74, 6) is -0.787. The zero-order valence-corrected chi connectivity index (χ0v) is 18.3. The van der Waals surface area contributed by atoms with E-state index in [1.165, 1.54) is 31.5 Å². The van der Waals surface area contributed by atoms with Crippen LogP contribution in [-0.2, 0) is 11.2 Å².